The van der Waals surface area contributed by atoms with Crippen molar-refractivity contribution in [2.45, 2.75) is 124 Å². The highest BCUT2D eigenvalue weighted by molar-refractivity contribution is 5.80. The van der Waals surface area contributed by atoms with E-state index in [1.54, 1.807) is 5.57 Å². The molecule has 4 heteroatoms. The number of fused-ring (bicyclic) bond motifs is 5. The summed E-state index contributed by atoms with van der Waals surface area (Å²) in [5, 5.41) is 12.0. The molecule has 0 radical (unpaired) electrons. The van der Waals surface area contributed by atoms with Crippen molar-refractivity contribution < 1.29 is 14.7 Å². The van der Waals surface area contributed by atoms with Gasteiger partial charge in [-0.15, -0.1) is 0 Å². The number of hydrogen-bond donors (Lipinski definition) is 2. The number of hydrogen-bond acceptors (Lipinski definition) is 2. The maximum absolute atomic E-state index is 12.2. The van der Waals surface area contributed by atoms with Crippen LogP contribution in [-0.4, -0.2) is 23.0 Å². The highest BCUT2D eigenvalue weighted by Crippen LogP contribution is 2.67. The lowest BCUT2D eigenvalue weighted by Crippen LogP contribution is -2.52. The molecule has 198 valence electrons. The first-order valence-electron chi connectivity index (χ1n) is 14.7. The molecule has 35 heavy (non-hydrogen) atoms. The van der Waals surface area contributed by atoms with Crippen LogP contribution in [0.1, 0.15) is 118 Å². The molecular formula is C31H51NO3. The molecular weight excluding hydrogens is 434 g/mol. The van der Waals surface area contributed by atoms with Gasteiger partial charge in [-0.25, -0.2) is 0 Å². The van der Waals surface area contributed by atoms with Crippen molar-refractivity contribution in [2.75, 3.05) is 0 Å². The first-order valence-corrected chi connectivity index (χ1v) is 14.7. The molecule has 4 rings (SSSR count). The van der Waals surface area contributed by atoms with Gasteiger partial charge >= 0.3 is 5.97 Å². The maximum Gasteiger partial charge on any atom is 0.303 e. The maximum atomic E-state index is 12.2. The zero-order valence-corrected chi connectivity index (χ0v) is 23.1. The Balaban J connectivity index is 1.40. The second kappa shape index (κ2) is 10.6. The summed E-state index contributed by atoms with van der Waals surface area (Å²) in [6, 6.07) is 0.170. The fourth-order valence-corrected chi connectivity index (χ4v) is 9.33. The van der Waals surface area contributed by atoms with E-state index in [1.807, 2.05) is 0 Å². The van der Waals surface area contributed by atoms with Gasteiger partial charge in [0.2, 0.25) is 5.91 Å². The first-order chi connectivity index (χ1) is 16.5. The molecule has 0 aliphatic heterocycles. The van der Waals surface area contributed by atoms with E-state index >= 15 is 0 Å². The Bertz CT molecular complexity index is 818. The van der Waals surface area contributed by atoms with E-state index < -0.39 is 5.97 Å². The average Bonchev–Trinajstić information content (AvgIpc) is 3.15. The molecule has 1 amide bonds. The largest absolute Gasteiger partial charge is 0.481 e. The number of nitrogens with one attached hydrogen (secondary N) is 1. The molecule has 3 saturated carbocycles. The van der Waals surface area contributed by atoms with Gasteiger partial charge in [-0.1, -0.05) is 65.5 Å². The van der Waals surface area contributed by atoms with Crippen LogP contribution in [-0.2, 0) is 9.59 Å². The Hall–Kier alpha value is -1.32. The van der Waals surface area contributed by atoms with E-state index in [2.05, 4.69) is 46.0 Å². The predicted octanol–water partition coefficient (Wildman–Crippen LogP) is 7.38. The third-order valence-corrected chi connectivity index (χ3v) is 11.2. The van der Waals surface area contributed by atoms with Gasteiger partial charge in [-0.3, -0.25) is 9.59 Å². The van der Waals surface area contributed by atoms with E-state index in [-0.39, 0.29) is 30.2 Å². The second-order valence-electron chi connectivity index (χ2n) is 13.7. The van der Waals surface area contributed by atoms with E-state index in [0.29, 0.717) is 5.41 Å². The first kappa shape index (κ1) is 26.7. The number of carboxylic acids is 1. The number of amides is 1. The summed E-state index contributed by atoms with van der Waals surface area (Å²) in [6.07, 6.45) is 16.7. The summed E-state index contributed by atoms with van der Waals surface area (Å²) in [7, 11) is 0. The van der Waals surface area contributed by atoms with Gasteiger partial charge in [0.05, 0.1) is 6.42 Å². The van der Waals surface area contributed by atoms with Crippen molar-refractivity contribution in [3.8, 4) is 0 Å². The third kappa shape index (κ3) is 5.37. The van der Waals surface area contributed by atoms with Crippen molar-refractivity contribution in [2.24, 2.45) is 46.3 Å². The fourth-order valence-electron chi connectivity index (χ4n) is 9.33. The number of carboxylic acid groups (broad SMARTS) is 1. The molecule has 8 atom stereocenters. The second-order valence-corrected chi connectivity index (χ2v) is 13.7. The lowest BCUT2D eigenvalue weighted by molar-refractivity contribution is -0.139. The zero-order valence-electron chi connectivity index (χ0n) is 23.1. The summed E-state index contributed by atoms with van der Waals surface area (Å²) in [5.41, 5.74) is 2.39. The number of allylic oxidation sites excluding steroid dienone is 1. The van der Waals surface area contributed by atoms with Crippen LogP contribution in [0.25, 0.3) is 0 Å². The molecule has 3 fully saturated rings. The van der Waals surface area contributed by atoms with Gasteiger partial charge in [-0.05, 0) is 97.7 Å². The summed E-state index contributed by atoms with van der Waals surface area (Å²) in [6.45, 7) is 12.4. The van der Waals surface area contributed by atoms with Crippen LogP contribution in [0, 0.1) is 46.3 Å². The number of carbonyl (C=O) groups is 2. The molecule has 0 saturated heterocycles. The molecule has 4 aliphatic carbocycles. The van der Waals surface area contributed by atoms with Crippen LogP contribution in [0.2, 0.25) is 0 Å². The monoisotopic (exact) mass is 485 g/mol. The van der Waals surface area contributed by atoms with Crippen LogP contribution in [0.3, 0.4) is 0 Å². The number of rotatable bonds is 9. The predicted molar refractivity (Wildman–Crippen MR) is 142 cm³/mol. The molecule has 0 heterocycles. The van der Waals surface area contributed by atoms with Crippen LogP contribution in [0.5, 0.6) is 0 Å². The lowest BCUT2D eigenvalue weighted by atomic mass is 9.47. The third-order valence-electron chi connectivity index (χ3n) is 11.2. The van der Waals surface area contributed by atoms with Crippen LogP contribution >= 0.6 is 0 Å². The molecule has 2 unspecified atom stereocenters. The van der Waals surface area contributed by atoms with E-state index in [4.69, 9.17) is 5.11 Å². The van der Waals surface area contributed by atoms with Crippen LogP contribution < -0.4 is 5.32 Å². The summed E-state index contributed by atoms with van der Waals surface area (Å²) in [5.74, 6) is 4.06. The van der Waals surface area contributed by atoms with Gasteiger partial charge < -0.3 is 10.4 Å². The SMILES string of the molecule is CC(C)CCC[C@@H](C)C1CC[C@H]2[C@@H]3CC=C4CC(NC(=O)CCC(=O)O)CC[C@]4(C)[C@H]3CC[C@]12C. The molecule has 4 aliphatic rings. The Morgan fingerprint density at radius 3 is 2.51 bits per heavy atom. The topological polar surface area (TPSA) is 66.4 Å². The minimum Gasteiger partial charge on any atom is -0.481 e. The highest BCUT2D eigenvalue weighted by Gasteiger charge is 2.59. The smallest absolute Gasteiger partial charge is 0.303 e. The van der Waals surface area contributed by atoms with Crippen molar-refractivity contribution in [1.29, 1.82) is 0 Å². The summed E-state index contributed by atoms with van der Waals surface area (Å²) >= 11 is 0. The molecule has 2 N–H and O–H groups in total. The number of carbonyl (C=O) groups excluding carboxylic acids is 1. The Morgan fingerprint density at radius 1 is 1.03 bits per heavy atom. The standard InChI is InChI=1S/C31H51NO3/c1-20(2)7-6-8-21(3)25-11-12-26-24-10-9-22-19-23(32-28(33)13-14-29(34)35)15-17-30(22,4)27(24)16-18-31(25,26)5/h9,20-21,23-27H,6-8,10-19H2,1-5H3,(H,32,33)(H,34,35)/t21-,23?,24+,25?,26+,27+,30+,31-/m1/s1. The number of aliphatic carboxylic acids is 1. The zero-order chi connectivity index (χ0) is 25.4. The van der Waals surface area contributed by atoms with Crippen molar-refractivity contribution in [3.05, 3.63) is 11.6 Å². The minimum atomic E-state index is -0.902. The van der Waals surface area contributed by atoms with Gasteiger partial charge in [0.15, 0.2) is 0 Å². The highest BCUT2D eigenvalue weighted by atomic mass is 16.4. The van der Waals surface area contributed by atoms with Gasteiger partial charge in [-0.2, -0.15) is 0 Å². The fraction of sp³-hybridized carbons (Fsp3) is 0.871. The Kier molecular flexibility index (Phi) is 8.08. The average molecular weight is 486 g/mol. The molecule has 0 spiro atoms. The van der Waals surface area contributed by atoms with Crippen molar-refractivity contribution in [3.63, 3.8) is 0 Å². The van der Waals surface area contributed by atoms with Crippen LogP contribution in [0.4, 0.5) is 0 Å². The van der Waals surface area contributed by atoms with E-state index in [0.717, 1.165) is 54.8 Å². The Morgan fingerprint density at radius 2 is 1.80 bits per heavy atom. The summed E-state index contributed by atoms with van der Waals surface area (Å²) < 4.78 is 0. The van der Waals surface area contributed by atoms with Gasteiger partial charge in [0, 0.05) is 12.5 Å². The van der Waals surface area contributed by atoms with Crippen molar-refractivity contribution in [1.82, 2.24) is 5.32 Å². The van der Waals surface area contributed by atoms with Gasteiger partial charge in [0.25, 0.3) is 0 Å². The lowest BCUT2D eigenvalue weighted by Gasteiger charge is -2.58. The normalized spacial score (nSPS) is 39.3. The molecule has 0 bridgehead atoms. The molecule has 0 aromatic rings. The van der Waals surface area contributed by atoms with E-state index in [1.165, 1.54) is 51.4 Å². The minimum absolute atomic E-state index is 0.0831. The molecule has 4 nitrogen and oxygen atoms in total. The van der Waals surface area contributed by atoms with E-state index in [9.17, 15) is 9.59 Å². The quantitative estimate of drug-likeness (QED) is 0.335. The summed E-state index contributed by atoms with van der Waals surface area (Å²) in [4.78, 5) is 23.0. The Labute approximate surface area is 214 Å². The molecule has 0 aromatic carbocycles. The van der Waals surface area contributed by atoms with Crippen molar-refractivity contribution >= 4 is 11.9 Å². The molecule has 0 aromatic heterocycles. The van der Waals surface area contributed by atoms with Crippen LogP contribution in [0.15, 0.2) is 11.6 Å². The van der Waals surface area contributed by atoms with Gasteiger partial charge in [0.1, 0.15) is 0 Å².